The maximum absolute atomic E-state index is 5.54. The molecule has 0 aliphatic carbocycles. The summed E-state index contributed by atoms with van der Waals surface area (Å²) in [5.74, 6) is 0.934. The predicted molar refractivity (Wildman–Crippen MR) is 99.2 cm³/mol. The first kappa shape index (κ1) is 20.2. The molecule has 136 valence electrons. The van der Waals surface area contributed by atoms with Crippen LogP contribution in [0, 0.1) is 0 Å². The molecule has 1 aliphatic heterocycles. The van der Waals surface area contributed by atoms with E-state index in [2.05, 4.69) is 48.2 Å². The standard InChI is InChI=1S/C18H38N4O/c1-5-19-18(21-12-9-15-23-16(2)3)20-11-8-14-22-13-7-6-10-17(22)4/h16-17H,5-15H2,1-4H3,(H2,19,20,21). The SMILES string of the molecule is CCNC(=NCCCOC(C)C)NCCCN1CCCCC1C. The maximum atomic E-state index is 5.54. The minimum atomic E-state index is 0.308. The number of hydrogen-bond donors (Lipinski definition) is 2. The number of likely N-dealkylation sites (tertiary alicyclic amines) is 1. The fourth-order valence-electron chi connectivity index (χ4n) is 2.89. The van der Waals surface area contributed by atoms with E-state index in [1.807, 2.05) is 0 Å². The lowest BCUT2D eigenvalue weighted by Crippen LogP contribution is -2.41. The zero-order valence-electron chi connectivity index (χ0n) is 15.7. The number of piperidine rings is 1. The molecule has 0 radical (unpaired) electrons. The van der Waals surface area contributed by atoms with Crippen molar-refractivity contribution in [2.45, 2.75) is 71.9 Å². The van der Waals surface area contributed by atoms with Gasteiger partial charge >= 0.3 is 0 Å². The molecular formula is C18H38N4O. The Bertz CT molecular complexity index is 320. The average molecular weight is 327 g/mol. The summed E-state index contributed by atoms with van der Waals surface area (Å²) in [5.41, 5.74) is 0. The Morgan fingerprint density at radius 3 is 2.78 bits per heavy atom. The monoisotopic (exact) mass is 326 g/mol. The van der Waals surface area contributed by atoms with E-state index in [0.717, 1.165) is 44.7 Å². The van der Waals surface area contributed by atoms with Crippen molar-refractivity contribution < 1.29 is 4.74 Å². The van der Waals surface area contributed by atoms with Crippen molar-refractivity contribution in [2.75, 3.05) is 39.3 Å². The number of nitrogens with zero attached hydrogens (tertiary/aromatic N) is 2. The van der Waals surface area contributed by atoms with Crippen molar-refractivity contribution in [1.29, 1.82) is 0 Å². The van der Waals surface area contributed by atoms with Crippen molar-refractivity contribution in [1.82, 2.24) is 15.5 Å². The van der Waals surface area contributed by atoms with Crippen LogP contribution >= 0.6 is 0 Å². The molecule has 1 aliphatic rings. The fourth-order valence-corrected chi connectivity index (χ4v) is 2.89. The highest BCUT2D eigenvalue weighted by Crippen LogP contribution is 2.15. The predicted octanol–water partition coefficient (Wildman–Crippen LogP) is 2.62. The first-order valence-electron chi connectivity index (χ1n) is 9.51. The van der Waals surface area contributed by atoms with Gasteiger partial charge in [0.2, 0.25) is 0 Å². The van der Waals surface area contributed by atoms with Crippen LogP contribution < -0.4 is 10.6 Å². The number of rotatable bonds is 10. The van der Waals surface area contributed by atoms with Gasteiger partial charge in [0.1, 0.15) is 0 Å². The number of guanidine groups is 1. The van der Waals surface area contributed by atoms with Crippen LogP contribution in [0.3, 0.4) is 0 Å². The van der Waals surface area contributed by atoms with Gasteiger partial charge in [0.25, 0.3) is 0 Å². The highest BCUT2D eigenvalue weighted by molar-refractivity contribution is 5.79. The van der Waals surface area contributed by atoms with Gasteiger partial charge in [-0.05, 0) is 59.9 Å². The molecule has 0 aromatic carbocycles. The summed E-state index contributed by atoms with van der Waals surface area (Å²) in [6, 6.07) is 0.756. The van der Waals surface area contributed by atoms with Gasteiger partial charge in [0.05, 0.1) is 6.10 Å². The maximum Gasteiger partial charge on any atom is 0.191 e. The van der Waals surface area contributed by atoms with Crippen molar-refractivity contribution in [3.8, 4) is 0 Å². The van der Waals surface area contributed by atoms with E-state index >= 15 is 0 Å². The van der Waals surface area contributed by atoms with Crippen LogP contribution in [-0.4, -0.2) is 62.3 Å². The van der Waals surface area contributed by atoms with Gasteiger partial charge in [-0.3, -0.25) is 4.99 Å². The van der Waals surface area contributed by atoms with Crippen LogP contribution in [-0.2, 0) is 4.74 Å². The molecule has 0 aromatic heterocycles. The van der Waals surface area contributed by atoms with Crippen molar-refractivity contribution in [3.63, 3.8) is 0 Å². The number of ether oxygens (including phenoxy) is 1. The molecule has 1 atom stereocenters. The Morgan fingerprint density at radius 1 is 1.26 bits per heavy atom. The highest BCUT2D eigenvalue weighted by Gasteiger charge is 2.16. The average Bonchev–Trinajstić information content (AvgIpc) is 2.52. The Morgan fingerprint density at radius 2 is 2.09 bits per heavy atom. The molecule has 5 heteroatoms. The Labute approximate surface area is 143 Å². The molecule has 0 aromatic rings. The zero-order valence-corrected chi connectivity index (χ0v) is 15.7. The molecule has 0 amide bonds. The van der Waals surface area contributed by atoms with Gasteiger partial charge in [-0.25, -0.2) is 0 Å². The van der Waals surface area contributed by atoms with Crippen LogP contribution in [0.25, 0.3) is 0 Å². The molecule has 1 unspecified atom stereocenters. The molecule has 5 nitrogen and oxygen atoms in total. The van der Waals surface area contributed by atoms with E-state index in [9.17, 15) is 0 Å². The van der Waals surface area contributed by atoms with E-state index in [1.165, 1.54) is 38.8 Å². The third-order valence-corrected chi connectivity index (χ3v) is 4.22. The van der Waals surface area contributed by atoms with Gasteiger partial charge in [-0.1, -0.05) is 6.42 Å². The van der Waals surface area contributed by atoms with Gasteiger partial charge in [0.15, 0.2) is 5.96 Å². The summed E-state index contributed by atoms with van der Waals surface area (Å²) < 4.78 is 5.54. The van der Waals surface area contributed by atoms with Crippen molar-refractivity contribution in [2.24, 2.45) is 4.99 Å². The molecular weight excluding hydrogens is 288 g/mol. The third kappa shape index (κ3) is 9.82. The first-order chi connectivity index (χ1) is 11.1. The molecule has 23 heavy (non-hydrogen) atoms. The highest BCUT2D eigenvalue weighted by atomic mass is 16.5. The minimum absolute atomic E-state index is 0.308. The van der Waals surface area contributed by atoms with Gasteiger partial charge in [0, 0.05) is 38.8 Å². The van der Waals surface area contributed by atoms with E-state index in [-0.39, 0.29) is 0 Å². The summed E-state index contributed by atoms with van der Waals surface area (Å²) in [5, 5.41) is 6.76. The van der Waals surface area contributed by atoms with E-state index in [1.54, 1.807) is 0 Å². The lowest BCUT2D eigenvalue weighted by Gasteiger charge is -2.33. The normalized spacial score (nSPS) is 20.0. The second kappa shape index (κ2) is 12.6. The van der Waals surface area contributed by atoms with Crippen LogP contribution in [0.2, 0.25) is 0 Å². The largest absolute Gasteiger partial charge is 0.379 e. The molecule has 1 fully saturated rings. The Balaban J connectivity index is 2.16. The van der Waals surface area contributed by atoms with Gasteiger partial charge in [-0.15, -0.1) is 0 Å². The number of nitrogens with one attached hydrogen (secondary N) is 2. The summed E-state index contributed by atoms with van der Waals surface area (Å²) in [4.78, 5) is 7.23. The van der Waals surface area contributed by atoms with Crippen LogP contribution in [0.1, 0.15) is 59.8 Å². The van der Waals surface area contributed by atoms with Gasteiger partial charge < -0.3 is 20.3 Å². The summed E-state index contributed by atoms with van der Waals surface area (Å²) in [6.07, 6.45) is 6.57. The Hall–Kier alpha value is -0.810. The smallest absolute Gasteiger partial charge is 0.191 e. The first-order valence-corrected chi connectivity index (χ1v) is 9.51. The second-order valence-electron chi connectivity index (χ2n) is 6.69. The van der Waals surface area contributed by atoms with Crippen molar-refractivity contribution >= 4 is 5.96 Å². The quantitative estimate of drug-likeness (QED) is 0.368. The summed E-state index contributed by atoms with van der Waals surface area (Å²) >= 11 is 0. The minimum Gasteiger partial charge on any atom is -0.379 e. The molecule has 0 bridgehead atoms. The fraction of sp³-hybridized carbons (Fsp3) is 0.944. The number of hydrogen-bond acceptors (Lipinski definition) is 3. The third-order valence-electron chi connectivity index (χ3n) is 4.22. The van der Waals surface area contributed by atoms with Gasteiger partial charge in [-0.2, -0.15) is 0 Å². The van der Waals surface area contributed by atoms with E-state index in [0.29, 0.717) is 6.10 Å². The molecule has 1 heterocycles. The molecule has 0 saturated carbocycles. The number of aliphatic imine (C=N–C) groups is 1. The summed E-state index contributed by atoms with van der Waals surface area (Å²) in [7, 11) is 0. The van der Waals surface area contributed by atoms with Crippen LogP contribution in [0.5, 0.6) is 0 Å². The van der Waals surface area contributed by atoms with E-state index in [4.69, 9.17) is 4.74 Å². The summed E-state index contributed by atoms with van der Waals surface area (Å²) in [6.45, 7) is 14.5. The lowest BCUT2D eigenvalue weighted by molar-refractivity contribution is 0.0782. The molecule has 0 spiro atoms. The molecule has 1 saturated heterocycles. The topological polar surface area (TPSA) is 48.9 Å². The second-order valence-corrected chi connectivity index (χ2v) is 6.69. The zero-order chi connectivity index (χ0) is 16.9. The van der Waals surface area contributed by atoms with E-state index < -0.39 is 0 Å². The molecule has 2 N–H and O–H groups in total. The Kier molecular flexibility index (Phi) is 11.1. The van der Waals surface area contributed by atoms with Crippen molar-refractivity contribution in [3.05, 3.63) is 0 Å². The van der Waals surface area contributed by atoms with Crippen LogP contribution in [0.4, 0.5) is 0 Å². The molecule has 1 rings (SSSR count). The lowest BCUT2D eigenvalue weighted by atomic mass is 10.0. The van der Waals surface area contributed by atoms with Crippen LogP contribution in [0.15, 0.2) is 4.99 Å².